The van der Waals surface area contributed by atoms with Crippen LogP contribution in [0.2, 0.25) is 0 Å². The van der Waals surface area contributed by atoms with E-state index in [0.29, 0.717) is 47.5 Å². The predicted octanol–water partition coefficient (Wildman–Crippen LogP) is 7.61. The second-order valence-corrected chi connectivity index (χ2v) is 10.1. The molecule has 1 amide bonds. The molecule has 0 saturated heterocycles. The topological polar surface area (TPSA) is 210 Å². The number of ether oxygens (including phenoxy) is 2. The van der Waals surface area contributed by atoms with Gasteiger partial charge in [-0.2, -0.15) is 31.0 Å². The molecule has 0 fully saturated rings. The van der Waals surface area contributed by atoms with Crippen LogP contribution in [0.3, 0.4) is 0 Å². The van der Waals surface area contributed by atoms with Crippen molar-refractivity contribution >= 4 is 23.5 Å². The number of nitro benzene ring substituents is 2. The van der Waals surface area contributed by atoms with Crippen LogP contribution in [0, 0.1) is 34.1 Å². The van der Waals surface area contributed by atoms with Gasteiger partial charge < -0.3 is 14.8 Å². The summed E-state index contributed by atoms with van der Waals surface area (Å²) in [5.74, 6) is -1.31. The van der Waals surface area contributed by atoms with Gasteiger partial charge >= 0.3 is 18.4 Å². The molecule has 4 rings (SSSR count). The van der Waals surface area contributed by atoms with Gasteiger partial charge in [-0.3, -0.25) is 25.3 Å². The third-order valence-electron chi connectivity index (χ3n) is 6.82. The fourth-order valence-electron chi connectivity index (χ4n) is 4.32. The van der Waals surface area contributed by atoms with E-state index in [1.807, 2.05) is 6.92 Å². The summed E-state index contributed by atoms with van der Waals surface area (Å²) in [7, 11) is 2.76. The van der Waals surface area contributed by atoms with Crippen molar-refractivity contribution in [2.75, 3.05) is 14.1 Å². The zero-order valence-electron chi connectivity index (χ0n) is 28.1. The number of aromatic amines is 1. The van der Waals surface area contributed by atoms with Crippen LogP contribution in [-0.4, -0.2) is 56.0 Å². The minimum absolute atomic E-state index is 0.0272. The van der Waals surface area contributed by atoms with Crippen LogP contribution >= 0.6 is 0 Å². The number of carbonyl (C=O) groups excluding carboxylic acids is 2. The van der Waals surface area contributed by atoms with Gasteiger partial charge in [-0.1, -0.05) is 13.8 Å². The van der Waals surface area contributed by atoms with E-state index >= 15 is 0 Å². The number of nitro groups is 2. The first kappa shape index (κ1) is 41.9. The van der Waals surface area contributed by atoms with Crippen molar-refractivity contribution < 1.29 is 55.3 Å². The summed E-state index contributed by atoms with van der Waals surface area (Å²) in [6.45, 7) is 6.84. The number of benzene rings is 2. The van der Waals surface area contributed by atoms with Crippen LogP contribution in [-0.2, 0) is 30.0 Å². The number of aromatic nitrogens is 4. The number of nitrogens with one attached hydrogen (secondary N) is 2. The number of isocyanates is 1. The second kappa shape index (κ2) is 17.6. The average molecular weight is 745 g/mol. The number of hydrogen-bond acceptors (Lipinski definition) is 11. The lowest BCUT2D eigenvalue weighted by Crippen LogP contribution is -2.26. The molecule has 0 aliphatic carbocycles. The summed E-state index contributed by atoms with van der Waals surface area (Å²) < 4.78 is 90.4. The average Bonchev–Trinajstić information content (AvgIpc) is 3.60. The Morgan fingerprint density at radius 1 is 0.904 bits per heavy atom. The van der Waals surface area contributed by atoms with Gasteiger partial charge in [0.2, 0.25) is 17.8 Å². The lowest BCUT2D eigenvalue weighted by Gasteiger charge is -2.12. The quantitative estimate of drug-likeness (QED) is 0.0593. The van der Waals surface area contributed by atoms with Crippen LogP contribution in [0.25, 0.3) is 0 Å². The number of rotatable bonds is 8. The summed E-state index contributed by atoms with van der Waals surface area (Å²) in [6.07, 6.45) is -7.47. The van der Waals surface area contributed by atoms with E-state index in [9.17, 15) is 51.4 Å². The summed E-state index contributed by atoms with van der Waals surface area (Å²) in [5, 5.41) is 34.1. The smallest absolute Gasteiger partial charge is 0.420 e. The van der Waals surface area contributed by atoms with Gasteiger partial charge in [0, 0.05) is 55.2 Å². The van der Waals surface area contributed by atoms with E-state index in [2.05, 4.69) is 25.6 Å². The van der Waals surface area contributed by atoms with Gasteiger partial charge in [-0.05, 0) is 38.8 Å². The molecule has 0 radical (unpaired) electrons. The Labute approximate surface area is 289 Å². The summed E-state index contributed by atoms with van der Waals surface area (Å²) in [5.41, 5.74) is -1.71. The molecular weight excluding hydrogens is 714 g/mol. The number of non-ortho nitro benzene ring substituents is 2. The second-order valence-electron chi connectivity index (χ2n) is 10.1. The van der Waals surface area contributed by atoms with Gasteiger partial charge in [0.15, 0.2) is 0 Å². The van der Waals surface area contributed by atoms with Crippen molar-refractivity contribution in [3.05, 3.63) is 90.3 Å². The van der Waals surface area contributed by atoms with E-state index in [1.165, 1.54) is 20.2 Å². The first-order chi connectivity index (χ1) is 24.2. The maximum absolute atomic E-state index is 13.3. The van der Waals surface area contributed by atoms with Crippen molar-refractivity contribution in [3.8, 4) is 23.3 Å². The first-order valence-electron chi connectivity index (χ1n) is 14.6. The van der Waals surface area contributed by atoms with Crippen LogP contribution < -0.4 is 14.8 Å². The van der Waals surface area contributed by atoms with E-state index in [1.54, 1.807) is 20.8 Å². The highest BCUT2D eigenvalue weighted by Gasteiger charge is 2.38. The van der Waals surface area contributed by atoms with Gasteiger partial charge in [-0.15, -0.1) is 10.2 Å². The SMILES string of the molecule is CCc1c(Oc2ccc([N+](=O)[O-])cc2C(F)(F)F)n[nH]c1C.CCc1c(Oc2ccc([N+](=O)[O-])cc2C(F)(F)F)nn(C(=O)NC)c1C.CN=C=O. The van der Waals surface area contributed by atoms with E-state index in [4.69, 9.17) is 14.3 Å². The van der Waals surface area contributed by atoms with E-state index < -0.39 is 62.2 Å². The molecule has 0 aliphatic heterocycles. The van der Waals surface area contributed by atoms with Gasteiger partial charge in [-0.25, -0.2) is 14.6 Å². The van der Waals surface area contributed by atoms with Crippen molar-refractivity contribution in [2.45, 2.75) is 52.9 Å². The normalized spacial score (nSPS) is 10.8. The standard InChI is InChI=1S/C15H15F3N4O4.C13H12F3N3O3.C2H3NO/c1-4-10-8(2)21(14(23)19-3)20-13(10)26-12-6-5-9(22(24)25)7-11(12)15(16,17)18;1-3-9-7(2)17-18-12(9)22-11-5-4-8(19(20)21)6-10(11)13(14,15)16;1-3-2-4/h5-7H,4H2,1-3H3,(H,19,23);4-6H,3H2,1-2H3,(H,17,18);1H3. The van der Waals surface area contributed by atoms with E-state index in [0.717, 1.165) is 28.9 Å². The molecule has 280 valence electrons. The lowest BCUT2D eigenvalue weighted by molar-refractivity contribution is -0.385. The molecular formula is C30H30F6N8O8. The number of hydrogen-bond donors (Lipinski definition) is 2. The molecule has 0 aliphatic rings. The minimum atomic E-state index is -4.87. The predicted molar refractivity (Wildman–Crippen MR) is 169 cm³/mol. The Kier molecular flexibility index (Phi) is 14.1. The number of halogens is 6. The number of aryl methyl sites for hydroxylation is 1. The number of carbonyl (C=O) groups is 1. The molecule has 0 unspecified atom stereocenters. The Morgan fingerprint density at radius 3 is 1.71 bits per heavy atom. The zero-order valence-corrected chi connectivity index (χ0v) is 28.1. The van der Waals surface area contributed by atoms with Crippen LogP contribution in [0.4, 0.5) is 42.5 Å². The molecule has 2 aromatic heterocycles. The lowest BCUT2D eigenvalue weighted by atomic mass is 10.1. The molecule has 2 N–H and O–H groups in total. The molecule has 2 heterocycles. The summed E-state index contributed by atoms with van der Waals surface area (Å²) >= 11 is 0. The molecule has 2 aromatic carbocycles. The van der Waals surface area contributed by atoms with Crippen molar-refractivity contribution in [3.63, 3.8) is 0 Å². The third kappa shape index (κ3) is 10.4. The molecule has 4 aromatic rings. The molecule has 0 atom stereocenters. The zero-order chi connectivity index (χ0) is 39.6. The van der Waals surface area contributed by atoms with Gasteiger partial charge in [0.05, 0.1) is 15.5 Å². The van der Waals surface area contributed by atoms with E-state index in [-0.39, 0.29) is 11.8 Å². The molecule has 0 spiro atoms. The molecule has 22 heteroatoms. The van der Waals surface area contributed by atoms with Crippen LogP contribution in [0.1, 0.15) is 47.5 Å². The van der Waals surface area contributed by atoms with Gasteiger partial charge in [0.1, 0.15) is 22.6 Å². The van der Waals surface area contributed by atoms with Crippen molar-refractivity contribution in [2.24, 2.45) is 4.99 Å². The number of amides is 1. The summed E-state index contributed by atoms with van der Waals surface area (Å²) in [6, 6.07) is 3.89. The monoisotopic (exact) mass is 744 g/mol. The Morgan fingerprint density at radius 2 is 1.35 bits per heavy atom. The minimum Gasteiger partial charge on any atom is -0.437 e. The Bertz CT molecular complexity index is 1970. The largest absolute Gasteiger partial charge is 0.437 e. The third-order valence-corrected chi connectivity index (χ3v) is 6.82. The molecule has 16 nitrogen and oxygen atoms in total. The van der Waals surface area contributed by atoms with Crippen molar-refractivity contribution in [1.82, 2.24) is 25.3 Å². The maximum Gasteiger partial charge on any atom is 0.420 e. The first-order valence-corrected chi connectivity index (χ1v) is 14.6. The number of aliphatic imine (C=N–C) groups is 1. The van der Waals surface area contributed by atoms with Crippen LogP contribution in [0.5, 0.6) is 23.3 Å². The Hall–Kier alpha value is -6.31. The number of H-pyrrole nitrogens is 1. The highest BCUT2D eigenvalue weighted by molar-refractivity contribution is 5.76. The maximum atomic E-state index is 13.3. The molecule has 0 bridgehead atoms. The molecule has 0 saturated carbocycles. The van der Waals surface area contributed by atoms with Crippen molar-refractivity contribution in [1.29, 1.82) is 0 Å². The van der Waals surface area contributed by atoms with Gasteiger partial charge in [0.25, 0.3) is 11.4 Å². The Balaban J connectivity index is 0.000000330. The molecule has 52 heavy (non-hydrogen) atoms. The fraction of sp³-hybridized carbons (Fsp3) is 0.333. The number of nitrogens with zero attached hydrogens (tertiary/aromatic N) is 6. The fourth-order valence-corrected chi connectivity index (χ4v) is 4.32. The highest BCUT2D eigenvalue weighted by atomic mass is 19.4. The van der Waals surface area contributed by atoms with Crippen LogP contribution in [0.15, 0.2) is 41.4 Å². The highest BCUT2D eigenvalue weighted by Crippen LogP contribution is 2.42. The number of alkyl halides is 6. The summed E-state index contributed by atoms with van der Waals surface area (Å²) in [4.78, 5) is 43.2.